The molecule has 0 radical (unpaired) electrons. The molecule has 1 aromatic heterocycles. The van der Waals surface area contributed by atoms with Crippen LogP contribution in [0.2, 0.25) is 0 Å². The minimum atomic E-state index is 0.501. The van der Waals surface area contributed by atoms with E-state index in [4.69, 9.17) is 10.7 Å². The first-order valence-corrected chi connectivity index (χ1v) is 8.40. The van der Waals surface area contributed by atoms with Gasteiger partial charge in [-0.1, -0.05) is 36.8 Å². The highest BCUT2D eigenvalue weighted by molar-refractivity contribution is 9.10. The molecular weight excluding hydrogens is 326 g/mol. The van der Waals surface area contributed by atoms with Gasteiger partial charge in [0.25, 0.3) is 0 Å². The topological polar surface area (TPSA) is 51.8 Å². The summed E-state index contributed by atoms with van der Waals surface area (Å²) in [5.41, 5.74) is 8.13. The second kappa shape index (κ2) is 5.09. The van der Waals surface area contributed by atoms with E-state index in [0.717, 1.165) is 33.4 Å². The fourth-order valence-corrected chi connectivity index (χ4v) is 4.40. The summed E-state index contributed by atoms with van der Waals surface area (Å²) >= 11 is 3.55. The Labute approximate surface area is 133 Å². The summed E-state index contributed by atoms with van der Waals surface area (Å²) in [6.45, 7) is 0. The van der Waals surface area contributed by atoms with Crippen LogP contribution in [0.15, 0.2) is 34.8 Å². The lowest BCUT2D eigenvalue weighted by Crippen LogP contribution is -2.14. The molecular formula is C17H18BrN3. The number of halogens is 1. The van der Waals surface area contributed by atoms with Crippen LogP contribution in [0.4, 0.5) is 5.82 Å². The van der Waals surface area contributed by atoms with Crippen LogP contribution >= 0.6 is 15.9 Å². The first-order valence-electron chi connectivity index (χ1n) is 7.60. The zero-order valence-corrected chi connectivity index (χ0v) is 13.4. The van der Waals surface area contributed by atoms with E-state index in [1.54, 1.807) is 0 Å². The van der Waals surface area contributed by atoms with Crippen LogP contribution in [0.5, 0.6) is 0 Å². The third-order valence-electron chi connectivity index (χ3n) is 5.01. The molecule has 2 saturated carbocycles. The first-order chi connectivity index (χ1) is 10.2. The maximum Gasteiger partial charge on any atom is 0.142 e. The van der Waals surface area contributed by atoms with Crippen LogP contribution in [-0.4, -0.2) is 9.97 Å². The molecule has 3 unspecified atom stereocenters. The van der Waals surface area contributed by atoms with E-state index < -0.39 is 0 Å². The van der Waals surface area contributed by atoms with Gasteiger partial charge in [0.1, 0.15) is 11.6 Å². The van der Waals surface area contributed by atoms with Gasteiger partial charge in [-0.05, 0) is 47.0 Å². The number of hydrogen-bond donors (Lipinski definition) is 1. The van der Waals surface area contributed by atoms with Crippen molar-refractivity contribution in [2.24, 2.45) is 11.8 Å². The maximum absolute atomic E-state index is 6.13. The number of benzene rings is 1. The van der Waals surface area contributed by atoms with Gasteiger partial charge < -0.3 is 5.73 Å². The lowest BCUT2D eigenvalue weighted by molar-refractivity contribution is 0.406. The fourth-order valence-electron chi connectivity index (χ4n) is 4.00. The van der Waals surface area contributed by atoms with E-state index in [0.29, 0.717) is 11.7 Å². The minimum absolute atomic E-state index is 0.501. The summed E-state index contributed by atoms with van der Waals surface area (Å²) in [6.07, 6.45) is 5.30. The summed E-state index contributed by atoms with van der Waals surface area (Å²) in [5.74, 6) is 3.65. The second-order valence-corrected chi connectivity index (χ2v) is 7.07. The molecule has 2 aromatic rings. The molecule has 2 aliphatic carbocycles. The van der Waals surface area contributed by atoms with Crippen molar-refractivity contribution in [1.82, 2.24) is 9.97 Å². The van der Waals surface area contributed by atoms with Gasteiger partial charge in [0.05, 0.1) is 10.2 Å². The second-order valence-electron chi connectivity index (χ2n) is 6.28. The van der Waals surface area contributed by atoms with E-state index in [1.165, 1.54) is 25.7 Å². The minimum Gasteiger partial charge on any atom is -0.383 e. The number of nitrogen functional groups attached to an aromatic ring is 1. The lowest BCUT2D eigenvalue weighted by atomic mass is 9.88. The Hall–Kier alpha value is -1.42. The molecule has 3 nitrogen and oxygen atoms in total. The molecule has 108 valence electrons. The van der Waals surface area contributed by atoms with Crippen molar-refractivity contribution >= 4 is 21.7 Å². The van der Waals surface area contributed by atoms with Gasteiger partial charge in [-0.3, -0.25) is 0 Å². The molecule has 0 aliphatic heterocycles. The molecule has 4 rings (SSSR count). The average Bonchev–Trinajstić information content (AvgIpc) is 3.13. The summed E-state index contributed by atoms with van der Waals surface area (Å²) < 4.78 is 0.806. The molecule has 4 heteroatoms. The molecule has 3 atom stereocenters. The summed E-state index contributed by atoms with van der Waals surface area (Å²) in [4.78, 5) is 9.45. The quantitative estimate of drug-likeness (QED) is 0.879. The number of anilines is 1. The molecule has 0 spiro atoms. The fraction of sp³-hybridized carbons (Fsp3) is 0.412. The van der Waals surface area contributed by atoms with Crippen LogP contribution < -0.4 is 5.73 Å². The van der Waals surface area contributed by atoms with Crippen LogP contribution in [0.1, 0.15) is 37.4 Å². The first kappa shape index (κ1) is 13.3. The van der Waals surface area contributed by atoms with E-state index >= 15 is 0 Å². The smallest absolute Gasteiger partial charge is 0.142 e. The van der Waals surface area contributed by atoms with Gasteiger partial charge >= 0.3 is 0 Å². The number of rotatable bonds is 2. The van der Waals surface area contributed by atoms with Gasteiger partial charge in [0.15, 0.2) is 0 Å². The van der Waals surface area contributed by atoms with Crippen molar-refractivity contribution in [2.45, 2.75) is 31.6 Å². The van der Waals surface area contributed by atoms with Gasteiger partial charge in [0, 0.05) is 11.5 Å². The Kier molecular flexibility index (Phi) is 3.21. The molecule has 0 amide bonds. The Bertz CT molecular complexity index is 671. The number of aromatic nitrogens is 2. The van der Waals surface area contributed by atoms with E-state index in [9.17, 15) is 0 Å². The van der Waals surface area contributed by atoms with Crippen LogP contribution in [-0.2, 0) is 0 Å². The molecule has 2 N–H and O–H groups in total. The molecule has 1 heterocycles. The maximum atomic E-state index is 6.13. The van der Waals surface area contributed by atoms with Crippen LogP contribution in [0.3, 0.4) is 0 Å². The van der Waals surface area contributed by atoms with Crippen molar-refractivity contribution in [3.8, 4) is 11.3 Å². The molecule has 0 saturated heterocycles. The number of nitrogens with two attached hydrogens (primary N) is 1. The van der Waals surface area contributed by atoms with Crippen LogP contribution in [0, 0.1) is 11.8 Å². The Morgan fingerprint density at radius 1 is 1.05 bits per heavy atom. The number of hydrogen-bond acceptors (Lipinski definition) is 3. The van der Waals surface area contributed by atoms with Gasteiger partial charge in [-0.25, -0.2) is 9.97 Å². The number of fused-ring (bicyclic) bond motifs is 2. The van der Waals surface area contributed by atoms with Crippen molar-refractivity contribution in [1.29, 1.82) is 0 Å². The zero-order chi connectivity index (χ0) is 14.4. The standard InChI is InChI=1S/C17H18BrN3/c18-14-15(11-4-2-1-3-5-11)20-17(21-16(14)19)13-9-10-6-7-12(13)8-10/h1-5,10,12-13H,6-9H2,(H2,19,20,21). The van der Waals surface area contributed by atoms with E-state index in [-0.39, 0.29) is 0 Å². The van der Waals surface area contributed by atoms with Crippen molar-refractivity contribution in [2.75, 3.05) is 5.73 Å². The Morgan fingerprint density at radius 3 is 2.52 bits per heavy atom. The van der Waals surface area contributed by atoms with Crippen molar-refractivity contribution in [3.63, 3.8) is 0 Å². The highest BCUT2D eigenvalue weighted by atomic mass is 79.9. The van der Waals surface area contributed by atoms with Crippen molar-refractivity contribution < 1.29 is 0 Å². The summed E-state index contributed by atoms with van der Waals surface area (Å²) in [5, 5.41) is 0. The van der Waals surface area contributed by atoms with Gasteiger partial charge in [-0.15, -0.1) is 0 Å². The third kappa shape index (κ3) is 2.26. The highest BCUT2D eigenvalue weighted by Gasteiger charge is 2.41. The monoisotopic (exact) mass is 343 g/mol. The van der Waals surface area contributed by atoms with E-state index in [2.05, 4.69) is 33.0 Å². The SMILES string of the molecule is Nc1nc(C2CC3CCC2C3)nc(-c2ccccc2)c1Br. The summed E-state index contributed by atoms with van der Waals surface area (Å²) in [7, 11) is 0. The van der Waals surface area contributed by atoms with Gasteiger partial charge in [-0.2, -0.15) is 0 Å². The highest BCUT2D eigenvalue weighted by Crippen LogP contribution is 2.52. The largest absolute Gasteiger partial charge is 0.383 e. The molecule has 2 aliphatic rings. The number of nitrogens with zero attached hydrogens (tertiary/aromatic N) is 2. The lowest BCUT2D eigenvalue weighted by Gasteiger charge is -2.21. The normalized spacial score (nSPS) is 27.2. The van der Waals surface area contributed by atoms with Crippen molar-refractivity contribution in [3.05, 3.63) is 40.6 Å². The third-order valence-corrected chi connectivity index (χ3v) is 5.79. The van der Waals surface area contributed by atoms with E-state index in [1.807, 2.05) is 18.2 Å². The molecule has 1 aromatic carbocycles. The molecule has 2 fully saturated rings. The average molecular weight is 344 g/mol. The van der Waals surface area contributed by atoms with Gasteiger partial charge in [0.2, 0.25) is 0 Å². The predicted molar refractivity (Wildman–Crippen MR) is 87.8 cm³/mol. The zero-order valence-electron chi connectivity index (χ0n) is 11.8. The predicted octanol–water partition coefficient (Wildman–Crippen LogP) is 4.39. The van der Waals surface area contributed by atoms with Crippen LogP contribution in [0.25, 0.3) is 11.3 Å². The Morgan fingerprint density at radius 2 is 1.86 bits per heavy atom. The summed E-state index contributed by atoms with van der Waals surface area (Å²) in [6, 6.07) is 10.2. The Balaban J connectivity index is 1.78. The molecule has 21 heavy (non-hydrogen) atoms. The molecule has 2 bridgehead atoms.